The van der Waals surface area contributed by atoms with Gasteiger partial charge in [-0.2, -0.15) is 0 Å². The molecule has 3 aromatic carbocycles. The fourth-order valence-electron chi connectivity index (χ4n) is 4.35. The first-order chi connectivity index (χ1) is 18.4. The Hall–Kier alpha value is -4.46. The number of hydrogen-bond donors (Lipinski definition) is 2. The topological polar surface area (TPSA) is 102 Å². The summed E-state index contributed by atoms with van der Waals surface area (Å²) in [6.45, 7) is 3.94. The standard InChI is InChI=1S/C30H32N4O4/c1-3-22-9-8-10-24(19-22)32-28(36)20-34-26-12-5-4-11-25(26)29(37)33(30(34)38)18-7-6-13-27(35)31-23-16-14-21(2)15-17-23/h4-5,8-12,14-17,19H,3,6-7,13,18,20H2,1-2H3,(H,31,35)(H,32,36). The number of nitrogens with zero attached hydrogens (tertiary/aromatic N) is 2. The van der Waals surface area contributed by atoms with Gasteiger partial charge in [-0.3, -0.25) is 23.5 Å². The molecule has 2 amide bonds. The molecule has 0 saturated carbocycles. The Bertz CT molecular complexity index is 1570. The smallest absolute Gasteiger partial charge is 0.326 e. The summed E-state index contributed by atoms with van der Waals surface area (Å²) in [5.41, 5.74) is 3.05. The summed E-state index contributed by atoms with van der Waals surface area (Å²) in [5.74, 6) is -0.482. The number of para-hydroxylation sites is 1. The van der Waals surface area contributed by atoms with Crippen molar-refractivity contribution in [2.75, 3.05) is 10.6 Å². The monoisotopic (exact) mass is 512 g/mol. The maximum Gasteiger partial charge on any atom is 0.331 e. The summed E-state index contributed by atoms with van der Waals surface area (Å²) < 4.78 is 2.49. The first kappa shape index (κ1) is 26.6. The summed E-state index contributed by atoms with van der Waals surface area (Å²) in [4.78, 5) is 51.6. The second-order valence-electron chi connectivity index (χ2n) is 9.32. The van der Waals surface area contributed by atoms with Crippen molar-refractivity contribution >= 4 is 34.1 Å². The van der Waals surface area contributed by atoms with E-state index in [1.807, 2.05) is 56.3 Å². The highest BCUT2D eigenvalue weighted by atomic mass is 16.2. The Morgan fingerprint density at radius 1 is 0.789 bits per heavy atom. The molecule has 0 fully saturated rings. The molecule has 0 bridgehead atoms. The van der Waals surface area contributed by atoms with Gasteiger partial charge in [-0.1, -0.05) is 48.9 Å². The molecule has 0 spiro atoms. The number of hydrogen-bond acceptors (Lipinski definition) is 4. The summed E-state index contributed by atoms with van der Waals surface area (Å²) in [6.07, 6.45) is 2.07. The zero-order valence-corrected chi connectivity index (χ0v) is 21.7. The lowest BCUT2D eigenvalue weighted by Crippen LogP contribution is -2.41. The van der Waals surface area contributed by atoms with Crippen LogP contribution in [-0.2, 0) is 29.1 Å². The molecule has 196 valence electrons. The van der Waals surface area contributed by atoms with E-state index in [-0.39, 0.29) is 31.3 Å². The van der Waals surface area contributed by atoms with Gasteiger partial charge in [0.05, 0.1) is 10.9 Å². The maximum atomic E-state index is 13.4. The first-order valence-electron chi connectivity index (χ1n) is 12.8. The predicted octanol–water partition coefficient (Wildman–Crippen LogP) is 4.48. The summed E-state index contributed by atoms with van der Waals surface area (Å²) in [7, 11) is 0. The molecule has 4 aromatic rings. The third kappa shape index (κ3) is 6.45. The zero-order chi connectivity index (χ0) is 27.1. The van der Waals surface area contributed by atoms with Crippen molar-refractivity contribution in [2.45, 2.75) is 52.6 Å². The van der Waals surface area contributed by atoms with Crippen LogP contribution in [0.1, 0.15) is 37.3 Å². The van der Waals surface area contributed by atoms with Crippen LogP contribution in [0.25, 0.3) is 10.9 Å². The second kappa shape index (κ2) is 12.2. The number of aryl methyl sites for hydroxylation is 2. The van der Waals surface area contributed by atoms with Crippen molar-refractivity contribution in [1.29, 1.82) is 0 Å². The third-order valence-corrected chi connectivity index (χ3v) is 6.42. The molecule has 4 rings (SSSR count). The molecule has 2 N–H and O–H groups in total. The quantitative estimate of drug-likeness (QED) is 0.306. The Balaban J connectivity index is 1.46. The molecule has 0 radical (unpaired) electrons. The number of amides is 2. The molecule has 0 aliphatic rings. The summed E-state index contributed by atoms with van der Waals surface area (Å²) in [5, 5.41) is 6.07. The molecular weight excluding hydrogens is 480 g/mol. The number of unbranched alkanes of at least 4 members (excludes halogenated alkanes) is 1. The van der Waals surface area contributed by atoms with E-state index in [2.05, 4.69) is 10.6 Å². The molecule has 8 nitrogen and oxygen atoms in total. The van der Waals surface area contributed by atoms with Crippen LogP contribution in [0.4, 0.5) is 11.4 Å². The van der Waals surface area contributed by atoms with Crippen molar-refractivity contribution in [3.05, 3.63) is 105 Å². The average Bonchev–Trinajstić information content (AvgIpc) is 2.92. The van der Waals surface area contributed by atoms with Crippen molar-refractivity contribution in [2.24, 2.45) is 0 Å². The van der Waals surface area contributed by atoms with Crippen LogP contribution in [0.15, 0.2) is 82.4 Å². The molecule has 38 heavy (non-hydrogen) atoms. The highest BCUT2D eigenvalue weighted by Gasteiger charge is 2.15. The fourth-order valence-corrected chi connectivity index (χ4v) is 4.35. The van der Waals surface area contributed by atoms with Crippen LogP contribution < -0.4 is 21.9 Å². The van der Waals surface area contributed by atoms with Gasteiger partial charge in [0, 0.05) is 24.3 Å². The number of carbonyl (C=O) groups excluding carboxylic acids is 2. The number of nitrogens with one attached hydrogen (secondary N) is 2. The van der Waals surface area contributed by atoms with Gasteiger partial charge in [0.1, 0.15) is 6.54 Å². The Kier molecular flexibility index (Phi) is 8.53. The minimum Gasteiger partial charge on any atom is -0.326 e. The number of anilines is 2. The Labute approximate surface area is 220 Å². The largest absolute Gasteiger partial charge is 0.331 e. The van der Waals surface area contributed by atoms with E-state index in [1.54, 1.807) is 30.3 Å². The van der Waals surface area contributed by atoms with E-state index in [0.29, 0.717) is 29.4 Å². The Morgan fingerprint density at radius 2 is 1.53 bits per heavy atom. The highest BCUT2D eigenvalue weighted by molar-refractivity contribution is 5.92. The molecule has 0 unspecified atom stereocenters. The van der Waals surface area contributed by atoms with Crippen LogP contribution in [0.2, 0.25) is 0 Å². The van der Waals surface area contributed by atoms with E-state index in [4.69, 9.17) is 0 Å². The Morgan fingerprint density at radius 3 is 2.29 bits per heavy atom. The molecule has 8 heteroatoms. The lowest BCUT2D eigenvalue weighted by molar-refractivity contribution is -0.117. The van der Waals surface area contributed by atoms with Crippen LogP contribution >= 0.6 is 0 Å². The number of benzene rings is 3. The average molecular weight is 513 g/mol. The van der Waals surface area contributed by atoms with Gasteiger partial charge < -0.3 is 10.6 Å². The van der Waals surface area contributed by atoms with Crippen molar-refractivity contribution < 1.29 is 9.59 Å². The number of fused-ring (bicyclic) bond motifs is 1. The zero-order valence-electron chi connectivity index (χ0n) is 21.7. The molecule has 1 aromatic heterocycles. The van der Waals surface area contributed by atoms with E-state index in [9.17, 15) is 19.2 Å². The number of aromatic nitrogens is 2. The van der Waals surface area contributed by atoms with Gasteiger partial charge in [-0.05, 0) is 68.1 Å². The van der Waals surface area contributed by atoms with Gasteiger partial charge in [-0.25, -0.2) is 4.79 Å². The minimum absolute atomic E-state index is 0.124. The van der Waals surface area contributed by atoms with Gasteiger partial charge in [0.25, 0.3) is 5.56 Å². The van der Waals surface area contributed by atoms with E-state index < -0.39 is 11.2 Å². The van der Waals surface area contributed by atoms with Gasteiger partial charge >= 0.3 is 5.69 Å². The number of carbonyl (C=O) groups is 2. The summed E-state index contributed by atoms with van der Waals surface area (Å²) in [6, 6.07) is 21.9. The van der Waals surface area contributed by atoms with Crippen molar-refractivity contribution in [3.8, 4) is 0 Å². The second-order valence-corrected chi connectivity index (χ2v) is 9.32. The van der Waals surface area contributed by atoms with E-state index in [0.717, 1.165) is 27.8 Å². The lowest BCUT2D eigenvalue weighted by Gasteiger charge is -2.14. The van der Waals surface area contributed by atoms with Crippen LogP contribution in [-0.4, -0.2) is 20.9 Å². The first-order valence-corrected chi connectivity index (χ1v) is 12.8. The fraction of sp³-hybridized carbons (Fsp3) is 0.267. The van der Waals surface area contributed by atoms with Gasteiger partial charge in [0.15, 0.2) is 0 Å². The molecular formula is C30H32N4O4. The predicted molar refractivity (Wildman–Crippen MR) is 151 cm³/mol. The SMILES string of the molecule is CCc1cccc(NC(=O)Cn2c(=O)n(CCCCC(=O)Nc3ccc(C)cc3)c(=O)c3ccccc32)c1. The molecule has 0 saturated heterocycles. The van der Waals surface area contributed by atoms with E-state index in [1.165, 1.54) is 4.57 Å². The van der Waals surface area contributed by atoms with Crippen LogP contribution in [0.5, 0.6) is 0 Å². The third-order valence-electron chi connectivity index (χ3n) is 6.42. The number of rotatable bonds is 10. The highest BCUT2D eigenvalue weighted by Crippen LogP contribution is 2.13. The van der Waals surface area contributed by atoms with Crippen molar-refractivity contribution in [3.63, 3.8) is 0 Å². The van der Waals surface area contributed by atoms with Crippen molar-refractivity contribution in [1.82, 2.24) is 9.13 Å². The molecule has 0 aliphatic carbocycles. The molecule has 0 aliphatic heterocycles. The minimum atomic E-state index is -0.546. The normalized spacial score (nSPS) is 10.9. The van der Waals surface area contributed by atoms with Crippen LogP contribution in [0.3, 0.4) is 0 Å². The molecule has 1 heterocycles. The van der Waals surface area contributed by atoms with Gasteiger partial charge in [-0.15, -0.1) is 0 Å². The van der Waals surface area contributed by atoms with E-state index >= 15 is 0 Å². The lowest BCUT2D eigenvalue weighted by atomic mass is 10.1. The molecule has 0 atom stereocenters. The van der Waals surface area contributed by atoms with Gasteiger partial charge in [0.2, 0.25) is 11.8 Å². The summed E-state index contributed by atoms with van der Waals surface area (Å²) >= 11 is 0. The maximum absolute atomic E-state index is 13.4. The van der Waals surface area contributed by atoms with Crippen LogP contribution in [0, 0.1) is 6.92 Å².